The third-order valence-corrected chi connectivity index (χ3v) is 4.04. The highest BCUT2D eigenvalue weighted by Gasteiger charge is 2.22. The quantitative estimate of drug-likeness (QED) is 0.895. The molecule has 5 heteroatoms. The minimum atomic E-state index is -0.164. The molecule has 0 saturated heterocycles. The van der Waals surface area contributed by atoms with E-state index in [-0.39, 0.29) is 11.8 Å². The zero-order chi connectivity index (χ0) is 13.9. The lowest BCUT2D eigenvalue weighted by molar-refractivity contribution is 0.472. The minimum absolute atomic E-state index is 0.164. The molecule has 106 valence electrons. The van der Waals surface area contributed by atoms with Crippen LogP contribution in [0.1, 0.15) is 49.2 Å². The fourth-order valence-corrected chi connectivity index (χ4v) is 2.96. The smallest absolute Gasteiger partial charge is 0.150 e. The molecule has 0 radical (unpaired) electrons. The van der Waals surface area contributed by atoms with Gasteiger partial charge < -0.3 is 15.4 Å². The standard InChI is InChI=1S/C15H20N4O/c16-14(9-11-5-7-13(20)8-6-11)15-18-17-10-19(15)12-3-1-2-4-12/h5-8,10,12,14,20H,1-4,9,16H2. The number of rotatable bonds is 4. The van der Waals surface area contributed by atoms with Gasteiger partial charge in [0.1, 0.15) is 17.9 Å². The molecule has 1 atom stereocenters. The van der Waals surface area contributed by atoms with Crippen LogP contribution in [0.4, 0.5) is 0 Å². The van der Waals surface area contributed by atoms with Gasteiger partial charge in [0.2, 0.25) is 0 Å². The number of nitrogens with two attached hydrogens (primary N) is 1. The van der Waals surface area contributed by atoms with Crippen LogP contribution in [0.3, 0.4) is 0 Å². The van der Waals surface area contributed by atoms with Crippen molar-refractivity contribution in [3.63, 3.8) is 0 Å². The van der Waals surface area contributed by atoms with Crippen LogP contribution in [0.5, 0.6) is 5.75 Å². The van der Waals surface area contributed by atoms with Crippen LogP contribution in [0.15, 0.2) is 30.6 Å². The van der Waals surface area contributed by atoms with Crippen molar-refractivity contribution in [1.82, 2.24) is 14.8 Å². The van der Waals surface area contributed by atoms with E-state index in [0.29, 0.717) is 12.5 Å². The fourth-order valence-electron chi connectivity index (χ4n) is 2.96. The lowest BCUT2D eigenvalue weighted by Gasteiger charge is -2.17. The number of aromatic hydroxyl groups is 1. The molecule has 1 aliphatic carbocycles. The predicted molar refractivity (Wildman–Crippen MR) is 76.3 cm³/mol. The molecule has 1 aliphatic rings. The normalized spacial score (nSPS) is 17.4. The van der Waals surface area contributed by atoms with Crippen molar-refractivity contribution in [2.24, 2.45) is 5.73 Å². The van der Waals surface area contributed by atoms with E-state index in [2.05, 4.69) is 14.8 Å². The summed E-state index contributed by atoms with van der Waals surface area (Å²) in [4.78, 5) is 0. The van der Waals surface area contributed by atoms with E-state index in [4.69, 9.17) is 5.73 Å². The zero-order valence-electron chi connectivity index (χ0n) is 11.4. The molecule has 0 aliphatic heterocycles. The van der Waals surface area contributed by atoms with E-state index in [1.807, 2.05) is 18.5 Å². The first-order valence-electron chi connectivity index (χ1n) is 7.17. The third-order valence-electron chi connectivity index (χ3n) is 4.04. The van der Waals surface area contributed by atoms with Crippen molar-refractivity contribution >= 4 is 0 Å². The maximum atomic E-state index is 9.30. The highest BCUT2D eigenvalue weighted by atomic mass is 16.3. The lowest BCUT2D eigenvalue weighted by atomic mass is 10.1. The number of hydrogen-bond donors (Lipinski definition) is 2. The van der Waals surface area contributed by atoms with Gasteiger partial charge in [0.25, 0.3) is 0 Å². The molecule has 1 unspecified atom stereocenters. The van der Waals surface area contributed by atoms with E-state index >= 15 is 0 Å². The summed E-state index contributed by atoms with van der Waals surface area (Å²) in [6.45, 7) is 0. The third kappa shape index (κ3) is 2.67. The second-order valence-corrected chi connectivity index (χ2v) is 5.51. The second-order valence-electron chi connectivity index (χ2n) is 5.51. The Morgan fingerprint density at radius 2 is 1.95 bits per heavy atom. The zero-order valence-corrected chi connectivity index (χ0v) is 11.4. The molecule has 1 heterocycles. The van der Waals surface area contributed by atoms with Gasteiger partial charge in [0.15, 0.2) is 0 Å². The molecule has 5 nitrogen and oxygen atoms in total. The van der Waals surface area contributed by atoms with Crippen molar-refractivity contribution in [2.75, 3.05) is 0 Å². The predicted octanol–water partition coefficient (Wildman–Crippen LogP) is 2.34. The molecule has 20 heavy (non-hydrogen) atoms. The first-order valence-corrected chi connectivity index (χ1v) is 7.17. The summed E-state index contributed by atoms with van der Waals surface area (Å²) in [5.74, 6) is 1.14. The number of aromatic nitrogens is 3. The van der Waals surface area contributed by atoms with Gasteiger partial charge in [-0.1, -0.05) is 25.0 Å². The van der Waals surface area contributed by atoms with Gasteiger partial charge in [-0.3, -0.25) is 0 Å². The fraction of sp³-hybridized carbons (Fsp3) is 0.467. The van der Waals surface area contributed by atoms with E-state index in [9.17, 15) is 5.11 Å². The second kappa shape index (κ2) is 5.63. The first-order chi connectivity index (χ1) is 9.74. The number of phenolic OH excluding ortho intramolecular Hbond substituents is 1. The molecule has 0 spiro atoms. The number of hydrogen-bond acceptors (Lipinski definition) is 4. The van der Waals surface area contributed by atoms with E-state index in [0.717, 1.165) is 11.4 Å². The summed E-state index contributed by atoms with van der Waals surface area (Å²) >= 11 is 0. The van der Waals surface area contributed by atoms with Crippen LogP contribution in [0.25, 0.3) is 0 Å². The van der Waals surface area contributed by atoms with Gasteiger partial charge in [0, 0.05) is 6.04 Å². The van der Waals surface area contributed by atoms with Crippen LogP contribution in [-0.4, -0.2) is 19.9 Å². The number of phenols is 1. The van der Waals surface area contributed by atoms with Gasteiger partial charge in [-0.15, -0.1) is 10.2 Å². The molecule has 0 amide bonds. The van der Waals surface area contributed by atoms with Gasteiger partial charge in [0.05, 0.1) is 6.04 Å². The van der Waals surface area contributed by atoms with Crippen molar-refractivity contribution in [2.45, 2.75) is 44.2 Å². The molecule has 2 aromatic rings. The Morgan fingerprint density at radius 1 is 1.25 bits per heavy atom. The van der Waals surface area contributed by atoms with Crippen molar-refractivity contribution in [1.29, 1.82) is 0 Å². The SMILES string of the molecule is NC(Cc1ccc(O)cc1)c1nncn1C1CCCC1. The molecule has 1 fully saturated rings. The first kappa shape index (κ1) is 13.1. The molecule has 3 N–H and O–H groups in total. The summed E-state index contributed by atoms with van der Waals surface area (Å²) in [7, 11) is 0. The Hall–Kier alpha value is -1.88. The average molecular weight is 272 g/mol. The Kier molecular flexibility index (Phi) is 3.69. The Morgan fingerprint density at radius 3 is 2.65 bits per heavy atom. The van der Waals surface area contributed by atoms with Crippen LogP contribution < -0.4 is 5.73 Å². The van der Waals surface area contributed by atoms with Gasteiger partial charge in [-0.05, 0) is 37.0 Å². The summed E-state index contributed by atoms with van der Waals surface area (Å²) in [5.41, 5.74) is 7.39. The van der Waals surface area contributed by atoms with Gasteiger partial charge >= 0.3 is 0 Å². The lowest BCUT2D eigenvalue weighted by Crippen LogP contribution is -2.20. The van der Waals surface area contributed by atoms with E-state index in [1.54, 1.807) is 12.1 Å². The Bertz CT molecular complexity index is 558. The topological polar surface area (TPSA) is 77.0 Å². The Labute approximate surface area is 118 Å². The molecule has 1 saturated carbocycles. The monoisotopic (exact) mass is 272 g/mol. The summed E-state index contributed by atoms with van der Waals surface area (Å²) < 4.78 is 2.15. The van der Waals surface area contributed by atoms with Crippen LogP contribution in [-0.2, 0) is 6.42 Å². The maximum Gasteiger partial charge on any atom is 0.150 e. The molecule has 1 aromatic carbocycles. The highest BCUT2D eigenvalue weighted by molar-refractivity contribution is 5.26. The minimum Gasteiger partial charge on any atom is -0.508 e. The Balaban J connectivity index is 1.75. The molecule has 1 aromatic heterocycles. The van der Waals surface area contributed by atoms with Crippen molar-refractivity contribution in [3.05, 3.63) is 42.0 Å². The molecule has 0 bridgehead atoms. The average Bonchev–Trinajstić information content (AvgIpc) is 3.11. The highest BCUT2D eigenvalue weighted by Crippen LogP contribution is 2.31. The molecular formula is C15H20N4O. The van der Waals surface area contributed by atoms with Crippen molar-refractivity contribution in [3.8, 4) is 5.75 Å². The number of benzene rings is 1. The summed E-state index contributed by atoms with van der Waals surface area (Å²) in [6.07, 6.45) is 7.44. The van der Waals surface area contributed by atoms with E-state index < -0.39 is 0 Å². The van der Waals surface area contributed by atoms with Gasteiger partial charge in [-0.2, -0.15) is 0 Å². The maximum absolute atomic E-state index is 9.30. The van der Waals surface area contributed by atoms with Crippen molar-refractivity contribution < 1.29 is 5.11 Å². The largest absolute Gasteiger partial charge is 0.508 e. The molecular weight excluding hydrogens is 252 g/mol. The van der Waals surface area contributed by atoms with Crippen LogP contribution >= 0.6 is 0 Å². The van der Waals surface area contributed by atoms with E-state index in [1.165, 1.54) is 25.7 Å². The van der Waals surface area contributed by atoms with Gasteiger partial charge in [-0.25, -0.2) is 0 Å². The van der Waals surface area contributed by atoms with Crippen LogP contribution in [0.2, 0.25) is 0 Å². The summed E-state index contributed by atoms with van der Waals surface area (Å²) in [5, 5.41) is 17.6. The number of nitrogens with zero attached hydrogens (tertiary/aromatic N) is 3. The molecule has 3 rings (SSSR count). The van der Waals surface area contributed by atoms with Crippen LogP contribution in [0, 0.1) is 0 Å². The summed E-state index contributed by atoms with van der Waals surface area (Å²) in [6, 6.07) is 7.50.